The minimum absolute atomic E-state index is 0.100. The molecule has 0 bridgehead atoms. The van der Waals surface area contributed by atoms with E-state index in [0.29, 0.717) is 6.54 Å². The molecule has 1 aliphatic heterocycles. The van der Waals surface area contributed by atoms with Crippen molar-refractivity contribution in [2.45, 2.75) is 44.6 Å². The van der Waals surface area contributed by atoms with Gasteiger partial charge in [0.15, 0.2) is 0 Å². The van der Waals surface area contributed by atoms with Gasteiger partial charge >= 0.3 is 0 Å². The summed E-state index contributed by atoms with van der Waals surface area (Å²) < 4.78 is 0. The second-order valence-electron chi connectivity index (χ2n) is 6.37. The highest BCUT2D eigenvalue weighted by atomic mass is 16.2. The number of amides is 1. The first kappa shape index (κ1) is 16.3. The molecule has 5 nitrogen and oxygen atoms in total. The fraction of sp³-hybridized carbons (Fsp3) is 0.875. The van der Waals surface area contributed by atoms with Crippen LogP contribution in [0.25, 0.3) is 0 Å². The molecule has 0 aromatic rings. The van der Waals surface area contributed by atoms with Crippen molar-refractivity contribution in [1.82, 2.24) is 14.7 Å². The summed E-state index contributed by atoms with van der Waals surface area (Å²) >= 11 is 0. The molecule has 21 heavy (non-hydrogen) atoms. The number of nitriles is 1. The molecule has 0 aromatic heterocycles. The van der Waals surface area contributed by atoms with Crippen LogP contribution in [0.2, 0.25) is 0 Å². The topological polar surface area (TPSA) is 50.6 Å². The summed E-state index contributed by atoms with van der Waals surface area (Å²) in [5, 5.41) is 9.57. The number of carbonyl (C=O) groups excluding carboxylic acids is 1. The van der Waals surface area contributed by atoms with Gasteiger partial charge < -0.3 is 9.80 Å². The molecular weight excluding hydrogens is 264 g/mol. The highest BCUT2D eigenvalue weighted by Crippen LogP contribution is 2.32. The summed E-state index contributed by atoms with van der Waals surface area (Å²) in [6.07, 6.45) is 4.95. The first-order valence-corrected chi connectivity index (χ1v) is 8.24. The third-order valence-corrected chi connectivity index (χ3v) is 5.18. The Morgan fingerprint density at radius 2 is 1.71 bits per heavy atom. The van der Waals surface area contributed by atoms with Gasteiger partial charge in [-0.3, -0.25) is 9.69 Å². The van der Waals surface area contributed by atoms with Crippen molar-refractivity contribution < 1.29 is 4.79 Å². The monoisotopic (exact) mass is 292 g/mol. The van der Waals surface area contributed by atoms with Gasteiger partial charge in [0, 0.05) is 33.2 Å². The Labute approximate surface area is 128 Å². The molecule has 2 aliphatic rings. The first-order chi connectivity index (χ1) is 10.1. The highest BCUT2D eigenvalue weighted by Gasteiger charge is 2.39. The van der Waals surface area contributed by atoms with E-state index in [4.69, 9.17) is 0 Å². The van der Waals surface area contributed by atoms with Crippen molar-refractivity contribution >= 4 is 5.91 Å². The molecule has 0 spiro atoms. The number of piperazine rings is 1. The minimum atomic E-state index is -0.555. The van der Waals surface area contributed by atoms with Crippen LogP contribution in [0.4, 0.5) is 0 Å². The molecule has 0 aromatic carbocycles. The Morgan fingerprint density at radius 1 is 1.14 bits per heavy atom. The van der Waals surface area contributed by atoms with Gasteiger partial charge in [-0.15, -0.1) is 0 Å². The average Bonchev–Trinajstić information content (AvgIpc) is 2.55. The Morgan fingerprint density at radius 3 is 2.24 bits per heavy atom. The number of rotatable bonds is 4. The Kier molecular flexibility index (Phi) is 5.60. The average molecular weight is 292 g/mol. The number of hydrogen-bond donors (Lipinski definition) is 0. The van der Waals surface area contributed by atoms with Gasteiger partial charge in [0.1, 0.15) is 5.54 Å². The summed E-state index contributed by atoms with van der Waals surface area (Å²) in [6, 6.07) is 2.43. The minimum Gasteiger partial charge on any atom is -0.326 e. The van der Waals surface area contributed by atoms with Crippen LogP contribution >= 0.6 is 0 Å². The van der Waals surface area contributed by atoms with Crippen LogP contribution in [-0.4, -0.2) is 72.5 Å². The van der Waals surface area contributed by atoms with Gasteiger partial charge in [-0.2, -0.15) is 5.26 Å². The Hall–Kier alpha value is -1.12. The zero-order chi connectivity index (χ0) is 15.3. The van der Waals surface area contributed by atoms with E-state index in [1.807, 2.05) is 7.05 Å². The van der Waals surface area contributed by atoms with Gasteiger partial charge in [-0.25, -0.2) is 0 Å². The Bertz CT molecular complexity index is 390. The van der Waals surface area contributed by atoms with Gasteiger partial charge in [-0.05, 0) is 19.4 Å². The lowest BCUT2D eigenvalue weighted by Gasteiger charge is -2.40. The molecule has 1 aliphatic carbocycles. The predicted molar refractivity (Wildman–Crippen MR) is 82.8 cm³/mol. The molecule has 5 heteroatoms. The predicted octanol–water partition coefficient (Wildman–Crippen LogP) is 1.31. The van der Waals surface area contributed by atoms with E-state index in [1.54, 1.807) is 4.90 Å². The molecule has 1 saturated heterocycles. The third kappa shape index (κ3) is 3.75. The van der Waals surface area contributed by atoms with Gasteiger partial charge in [-0.1, -0.05) is 26.2 Å². The lowest BCUT2D eigenvalue weighted by Crippen LogP contribution is -2.54. The molecular formula is C16H28N4O. The molecule has 1 saturated carbocycles. The summed E-state index contributed by atoms with van der Waals surface area (Å²) in [5.41, 5.74) is -0.555. The largest absolute Gasteiger partial charge is 0.326 e. The molecule has 0 radical (unpaired) electrons. The first-order valence-electron chi connectivity index (χ1n) is 8.24. The van der Waals surface area contributed by atoms with E-state index < -0.39 is 5.54 Å². The SMILES string of the molecule is CCN1CCN(CC(=O)N(C)C2(C#N)CCCCC2)CC1. The highest BCUT2D eigenvalue weighted by molar-refractivity contribution is 5.79. The van der Waals surface area contributed by atoms with E-state index >= 15 is 0 Å². The molecule has 1 heterocycles. The standard InChI is InChI=1S/C16H28N4O/c1-3-19-9-11-20(12-10-19)13-15(21)18(2)16(14-17)7-5-4-6-8-16/h3-13H2,1-2H3. The van der Waals surface area contributed by atoms with Crippen LogP contribution in [0.3, 0.4) is 0 Å². The summed E-state index contributed by atoms with van der Waals surface area (Å²) in [6.45, 7) is 7.69. The van der Waals surface area contributed by atoms with Crippen molar-refractivity contribution in [2.24, 2.45) is 0 Å². The summed E-state index contributed by atoms with van der Waals surface area (Å²) in [7, 11) is 1.82. The van der Waals surface area contributed by atoms with Crippen LogP contribution < -0.4 is 0 Å². The number of carbonyl (C=O) groups is 1. The fourth-order valence-corrected chi connectivity index (χ4v) is 3.46. The molecule has 0 unspecified atom stereocenters. The quantitative estimate of drug-likeness (QED) is 0.784. The van der Waals surface area contributed by atoms with Crippen LogP contribution in [-0.2, 0) is 4.79 Å². The van der Waals surface area contributed by atoms with Gasteiger partial charge in [0.2, 0.25) is 5.91 Å². The number of nitrogens with zero attached hydrogens (tertiary/aromatic N) is 4. The van der Waals surface area contributed by atoms with Gasteiger partial charge in [0.05, 0.1) is 12.6 Å². The van der Waals surface area contributed by atoms with Crippen molar-refractivity contribution in [3.8, 4) is 6.07 Å². The summed E-state index contributed by atoms with van der Waals surface area (Å²) in [5.74, 6) is 0.100. The Balaban J connectivity index is 1.89. The van der Waals surface area contributed by atoms with Crippen molar-refractivity contribution in [2.75, 3.05) is 46.3 Å². The van der Waals surface area contributed by atoms with Crippen molar-refractivity contribution in [1.29, 1.82) is 5.26 Å². The fourth-order valence-electron chi connectivity index (χ4n) is 3.46. The molecule has 1 amide bonds. The number of likely N-dealkylation sites (N-methyl/N-ethyl adjacent to an activating group) is 2. The summed E-state index contributed by atoms with van der Waals surface area (Å²) in [4.78, 5) is 18.9. The zero-order valence-electron chi connectivity index (χ0n) is 13.5. The van der Waals surface area contributed by atoms with E-state index in [9.17, 15) is 10.1 Å². The second kappa shape index (κ2) is 7.24. The van der Waals surface area contributed by atoms with Crippen LogP contribution in [0, 0.1) is 11.3 Å². The normalized spacial score (nSPS) is 23.5. The maximum Gasteiger partial charge on any atom is 0.237 e. The maximum atomic E-state index is 12.5. The third-order valence-electron chi connectivity index (χ3n) is 5.18. The smallest absolute Gasteiger partial charge is 0.237 e. The lowest BCUT2D eigenvalue weighted by molar-refractivity contribution is -0.136. The van der Waals surface area contributed by atoms with E-state index in [-0.39, 0.29) is 5.91 Å². The van der Waals surface area contributed by atoms with E-state index in [0.717, 1.165) is 58.4 Å². The lowest BCUT2D eigenvalue weighted by atomic mass is 9.81. The molecule has 0 atom stereocenters. The van der Waals surface area contributed by atoms with Crippen molar-refractivity contribution in [3.05, 3.63) is 0 Å². The van der Waals surface area contributed by atoms with E-state index in [2.05, 4.69) is 22.8 Å². The molecule has 118 valence electrons. The van der Waals surface area contributed by atoms with Crippen LogP contribution in [0.15, 0.2) is 0 Å². The molecule has 0 N–H and O–H groups in total. The second-order valence-corrected chi connectivity index (χ2v) is 6.37. The molecule has 2 rings (SSSR count). The van der Waals surface area contributed by atoms with Crippen LogP contribution in [0.1, 0.15) is 39.0 Å². The zero-order valence-corrected chi connectivity index (χ0v) is 13.5. The number of hydrogen-bond acceptors (Lipinski definition) is 4. The van der Waals surface area contributed by atoms with E-state index in [1.165, 1.54) is 6.42 Å². The molecule has 2 fully saturated rings. The van der Waals surface area contributed by atoms with Crippen LogP contribution in [0.5, 0.6) is 0 Å². The maximum absolute atomic E-state index is 12.5. The van der Waals surface area contributed by atoms with Crippen molar-refractivity contribution in [3.63, 3.8) is 0 Å². The van der Waals surface area contributed by atoms with Gasteiger partial charge in [0.25, 0.3) is 0 Å².